The summed E-state index contributed by atoms with van der Waals surface area (Å²) in [5.41, 5.74) is 0. The number of anilines is 1. The Bertz CT molecular complexity index is 499. The van der Waals surface area contributed by atoms with E-state index < -0.39 is 5.97 Å². The predicted molar refractivity (Wildman–Crippen MR) is 80.8 cm³/mol. The Kier molecular flexibility index (Phi) is 4.17. The number of aromatic nitrogens is 1. The Morgan fingerprint density at radius 1 is 1.35 bits per heavy atom. The number of esters is 1. The fraction of sp³-hybridized carbons (Fsp3) is 0.714. The molecule has 110 valence electrons. The first-order chi connectivity index (χ1) is 9.70. The van der Waals surface area contributed by atoms with Crippen LogP contribution in [-0.4, -0.2) is 30.6 Å². The summed E-state index contributed by atoms with van der Waals surface area (Å²) in [7, 11) is 1.37. The minimum Gasteiger partial charge on any atom is -0.465 e. The van der Waals surface area contributed by atoms with Crippen LogP contribution < -0.4 is 4.90 Å². The predicted octanol–water partition coefficient (Wildman–Crippen LogP) is 3.74. The molecule has 4 nitrogen and oxygen atoms in total. The number of ether oxygens (including phenoxy) is 1. The van der Waals surface area contributed by atoms with Crippen LogP contribution in [0.4, 0.5) is 5.13 Å². The van der Waals surface area contributed by atoms with E-state index in [1.54, 1.807) is 0 Å². The highest BCUT2D eigenvalue weighted by Gasteiger charge is 2.35. The Hall–Kier alpha value is -0.810. The standard InChI is InChI=1S/C14H19ClN2O2S/c1-19-13(18)11-12(15)16-14(20-11)17-8-4-7-10(17)9-5-2-3-6-9/h9-10H,2-8H2,1H3. The lowest BCUT2D eigenvalue weighted by molar-refractivity contribution is 0.0606. The van der Waals surface area contributed by atoms with Crippen LogP contribution in [0.15, 0.2) is 0 Å². The van der Waals surface area contributed by atoms with Crippen LogP contribution in [0.1, 0.15) is 48.2 Å². The number of carbonyl (C=O) groups excluding carboxylic acids is 1. The van der Waals surface area contributed by atoms with Gasteiger partial charge in [0.1, 0.15) is 0 Å². The molecule has 20 heavy (non-hydrogen) atoms. The molecule has 3 rings (SSSR count). The van der Waals surface area contributed by atoms with Gasteiger partial charge < -0.3 is 9.64 Å². The molecule has 1 aromatic rings. The number of carbonyl (C=O) groups is 1. The maximum Gasteiger partial charge on any atom is 0.351 e. The summed E-state index contributed by atoms with van der Waals surface area (Å²) in [4.78, 5) is 18.8. The maximum atomic E-state index is 11.6. The molecule has 2 fully saturated rings. The Labute approximate surface area is 128 Å². The molecule has 0 aromatic carbocycles. The maximum absolute atomic E-state index is 11.6. The smallest absolute Gasteiger partial charge is 0.351 e. The SMILES string of the molecule is COC(=O)c1sc(N2CCCC2C2CCCC2)nc1Cl. The molecule has 1 aliphatic heterocycles. The molecule has 0 N–H and O–H groups in total. The van der Waals surface area contributed by atoms with Crippen LogP contribution in [0.25, 0.3) is 0 Å². The van der Waals surface area contributed by atoms with E-state index in [1.807, 2.05) is 0 Å². The Morgan fingerprint density at radius 2 is 2.10 bits per heavy atom. The second kappa shape index (κ2) is 5.90. The number of nitrogens with zero attached hydrogens (tertiary/aromatic N) is 2. The summed E-state index contributed by atoms with van der Waals surface area (Å²) in [5.74, 6) is 0.386. The van der Waals surface area contributed by atoms with Crippen molar-refractivity contribution < 1.29 is 9.53 Å². The molecule has 0 bridgehead atoms. The molecule has 1 unspecified atom stereocenters. The van der Waals surface area contributed by atoms with Crippen molar-refractivity contribution >= 4 is 34.0 Å². The Morgan fingerprint density at radius 3 is 2.80 bits per heavy atom. The van der Waals surface area contributed by atoms with Gasteiger partial charge >= 0.3 is 5.97 Å². The summed E-state index contributed by atoms with van der Waals surface area (Å²) < 4.78 is 4.75. The Balaban J connectivity index is 1.82. The van der Waals surface area contributed by atoms with Crippen molar-refractivity contribution in [3.8, 4) is 0 Å². The summed E-state index contributed by atoms with van der Waals surface area (Å²) >= 11 is 7.44. The second-order valence-electron chi connectivity index (χ2n) is 5.56. The number of hydrogen-bond donors (Lipinski definition) is 0. The zero-order valence-corrected chi connectivity index (χ0v) is 13.2. The van der Waals surface area contributed by atoms with Gasteiger partial charge in [-0.15, -0.1) is 0 Å². The third-order valence-electron chi connectivity index (χ3n) is 4.43. The van der Waals surface area contributed by atoms with Gasteiger partial charge in [-0.1, -0.05) is 35.8 Å². The van der Waals surface area contributed by atoms with Crippen molar-refractivity contribution in [2.75, 3.05) is 18.6 Å². The number of thiazole rings is 1. The van der Waals surface area contributed by atoms with E-state index in [1.165, 1.54) is 57.0 Å². The fourth-order valence-electron chi connectivity index (χ4n) is 3.49. The first-order valence-corrected chi connectivity index (χ1v) is 8.41. The fourth-order valence-corrected chi connectivity index (χ4v) is 4.78. The molecule has 1 saturated carbocycles. The topological polar surface area (TPSA) is 42.4 Å². The molecule has 0 spiro atoms. The zero-order valence-electron chi connectivity index (χ0n) is 11.6. The average Bonchev–Trinajstić information content (AvgIpc) is 3.16. The van der Waals surface area contributed by atoms with Crippen molar-refractivity contribution in [3.63, 3.8) is 0 Å². The first kappa shape index (κ1) is 14.1. The van der Waals surface area contributed by atoms with Crippen LogP contribution in [0.3, 0.4) is 0 Å². The number of halogens is 1. The van der Waals surface area contributed by atoms with E-state index in [4.69, 9.17) is 16.3 Å². The van der Waals surface area contributed by atoms with Crippen molar-refractivity contribution in [3.05, 3.63) is 10.0 Å². The van der Waals surface area contributed by atoms with Crippen molar-refractivity contribution in [2.45, 2.75) is 44.6 Å². The van der Waals surface area contributed by atoms with E-state index >= 15 is 0 Å². The van der Waals surface area contributed by atoms with Gasteiger partial charge in [-0.3, -0.25) is 0 Å². The summed E-state index contributed by atoms with van der Waals surface area (Å²) in [6, 6.07) is 0.574. The van der Waals surface area contributed by atoms with E-state index in [-0.39, 0.29) is 5.15 Å². The molecular weight excluding hydrogens is 296 g/mol. The summed E-state index contributed by atoms with van der Waals surface area (Å²) in [6.07, 6.45) is 7.78. The summed E-state index contributed by atoms with van der Waals surface area (Å²) in [5, 5.41) is 1.15. The van der Waals surface area contributed by atoms with Crippen LogP contribution >= 0.6 is 22.9 Å². The van der Waals surface area contributed by atoms with E-state index in [9.17, 15) is 4.79 Å². The molecule has 1 aromatic heterocycles. The monoisotopic (exact) mass is 314 g/mol. The quantitative estimate of drug-likeness (QED) is 0.797. The van der Waals surface area contributed by atoms with Gasteiger partial charge in [-0.2, -0.15) is 0 Å². The largest absolute Gasteiger partial charge is 0.465 e. The van der Waals surface area contributed by atoms with Gasteiger partial charge in [-0.25, -0.2) is 9.78 Å². The lowest BCUT2D eigenvalue weighted by atomic mass is 9.96. The molecule has 1 saturated heterocycles. The zero-order chi connectivity index (χ0) is 14.1. The minimum absolute atomic E-state index is 0.272. The second-order valence-corrected chi connectivity index (χ2v) is 6.89. The van der Waals surface area contributed by atoms with Crippen LogP contribution in [0.5, 0.6) is 0 Å². The van der Waals surface area contributed by atoms with Crippen LogP contribution in [0, 0.1) is 5.92 Å². The highest BCUT2D eigenvalue weighted by Crippen LogP contribution is 2.40. The number of hydrogen-bond acceptors (Lipinski definition) is 5. The summed E-state index contributed by atoms with van der Waals surface area (Å²) in [6.45, 7) is 1.02. The molecule has 0 amide bonds. The van der Waals surface area contributed by atoms with Crippen LogP contribution in [-0.2, 0) is 4.74 Å². The van der Waals surface area contributed by atoms with Crippen LogP contribution in [0.2, 0.25) is 5.15 Å². The molecule has 2 aliphatic rings. The number of rotatable bonds is 3. The highest BCUT2D eigenvalue weighted by molar-refractivity contribution is 7.18. The molecular formula is C14H19ClN2O2S. The number of methoxy groups -OCH3 is 1. The third kappa shape index (κ3) is 2.53. The minimum atomic E-state index is -0.393. The van der Waals surface area contributed by atoms with Crippen molar-refractivity contribution in [1.29, 1.82) is 0 Å². The molecule has 6 heteroatoms. The molecule has 0 radical (unpaired) electrons. The van der Waals surface area contributed by atoms with Gasteiger partial charge in [0.15, 0.2) is 15.2 Å². The van der Waals surface area contributed by atoms with Gasteiger partial charge in [0.05, 0.1) is 7.11 Å². The van der Waals surface area contributed by atoms with E-state index in [0.29, 0.717) is 10.9 Å². The van der Waals surface area contributed by atoms with E-state index in [2.05, 4.69) is 9.88 Å². The lowest BCUT2D eigenvalue weighted by Gasteiger charge is -2.28. The molecule has 1 atom stereocenters. The molecule has 2 heterocycles. The van der Waals surface area contributed by atoms with Gasteiger partial charge in [0, 0.05) is 12.6 Å². The molecule has 1 aliphatic carbocycles. The highest BCUT2D eigenvalue weighted by atomic mass is 35.5. The van der Waals surface area contributed by atoms with Gasteiger partial charge in [-0.05, 0) is 31.6 Å². The van der Waals surface area contributed by atoms with Gasteiger partial charge in [0.2, 0.25) is 0 Å². The van der Waals surface area contributed by atoms with Gasteiger partial charge in [0.25, 0.3) is 0 Å². The van der Waals surface area contributed by atoms with E-state index in [0.717, 1.165) is 17.6 Å². The van der Waals surface area contributed by atoms with Crippen molar-refractivity contribution in [1.82, 2.24) is 4.98 Å². The van der Waals surface area contributed by atoms with Crippen molar-refractivity contribution in [2.24, 2.45) is 5.92 Å². The average molecular weight is 315 g/mol. The normalized spacial score (nSPS) is 23.5. The lowest BCUT2D eigenvalue weighted by Crippen LogP contribution is -2.34. The first-order valence-electron chi connectivity index (χ1n) is 7.22. The third-order valence-corrected chi connectivity index (χ3v) is 5.89.